The van der Waals surface area contributed by atoms with E-state index in [1.807, 2.05) is 53.8 Å². The van der Waals surface area contributed by atoms with Crippen molar-refractivity contribution >= 4 is 138 Å². The zero-order valence-corrected chi connectivity index (χ0v) is 71.9. The van der Waals surface area contributed by atoms with Crippen LogP contribution in [-0.4, -0.2) is 39.0 Å². The van der Waals surface area contributed by atoms with Crippen molar-refractivity contribution < 1.29 is 0 Å². The minimum atomic E-state index is -0.420. The molecule has 1 aliphatic carbocycles. The highest BCUT2D eigenvalue weighted by atomic mass is 32.1. The van der Waals surface area contributed by atoms with Gasteiger partial charge in [-0.2, -0.15) is 0 Å². The van der Waals surface area contributed by atoms with Crippen LogP contribution in [0, 0.1) is 0 Å². The van der Waals surface area contributed by atoms with Gasteiger partial charge in [-0.15, -0.1) is 34.0 Å². The van der Waals surface area contributed by atoms with Crippen LogP contribution in [0.3, 0.4) is 0 Å². The summed E-state index contributed by atoms with van der Waals surface area (Å²) in [6.45, 7) is 4.82. The van der Waals surface area contributed by atoms with Gasteiger partial charge >= 0.3 is 0 Å². The second-order valence-electron chi connectivity index (χ2n) is 34.0. The van der Waals surface area contributed by atoms with E-state index in [-0.39, 0.29) is 0 Å². The van der Waals surface area contributed by atoms with E-state index in [0.29, 0.717) is 34.9 Å². The largest absolute Gasteiger partial charge is 0.309 e. The quantitative estimate of drug-likeness (QED) is 0.114. The lowest BCUT2D eigenvalue weighted by molar-refractivity contribution is 0.662. The smallest absolute Gasteiger partial charge is 0.165 e. The molecule has 0 saturated carbocycles. The summed E-state index contributed by atoms with van der Waals surface area (Å²) < 4.78 is 12.2. The summed E-state index contributed by atoms with van der Waals surface area (Å²) in [4.78, 5) is 32.3. The van der Waals surface area contributed by atoms with Gasteiger partial charge in [-0.25, -0.2) is 29.9 Å². The van der Waals surface area contributed by atoms with E-state index in [4.69, 9.17) is 29.9 Å². The molecule has 128 heavy (non-hydrogen) atoms. The van der Waals surface area contributed by atoms with E-state index in [1.54, 1.807) is 22.7 Å². The molecule has 0 unspecified atom stereocenters. The number of aromatic nitrogens is 8. The summed E-state index contributed by atoms with van der Waals surface area (Å²) in [5.41, 5.74) is 28.3. The molecular formula is C117H72N8S3. The van der Waals surface area contributed by atoms with Crippen LogP contribution in [0.5, 0.6) is 0 Å². The Morgan fingerprint density at radius 1 is 0.203 bits per heavy atom. The van der Waals surface area contributed by atoms with Gasteiger partial charge in [0.05, 0.1) is 22.1 Å². The summed E-state index contributed by atoms with van der Waals surface area (Å²) in [7, 11) is 0. The molecule has 0 spiro atoms. The van der Waals surface area contributed by atoms with Gasteiger partial charge in [0.1, 0.15) is 0 Å². The molecule has 7 aromatic heterocycles. The number of rotatable bonds is 13. The van der Waals surface area contributed by atoms with Crippen molar-refractivity contribution in [3.05, 3.63) is 412 Å². The van der Waals surface area contributed by atoms with Gasteiger partial charge in [0.2, 0.25) is 0 Å². The Kier molecular flexibility index (Phi) is 16.8. The average Bonchev–Trinajstić information content (AvgIpc) is 1.53. The zero-order chi connectivity index (χ0) is 84.4. The molecule has 0 N–H and O–H groups in total. The van der Waals surface area contributed by atoms with Gasteiger partial charge in [-0.3, -0.25) is 0 Å². The molecule has 598 valence electrons. The van der Waals surface area contributed by atoms with E-state index in [0.717, 1.165) is 121 Å². The molecular weight excluding hydrogens is 1610 g/mol. The fourth-order valence-corrected chi connectivity index (χ4v) is 23.8. The SMILES string of the molecule is CC1(C)c2cc3c(cc2-c2cccc(-c4cccc(-c5nc(-c6ccccc6)nc(-c6cc(-c7cccc(-c8ccc9c%10c%11sc%12ccccc%12c%11ccc%10n(-c%10ccccc%10)c9c8)c7)cc7c6sc6ccccc67)n5)c4)c21)c1ccc(-c2cccc(-c4cc(-c5nc(-c6ccccc6)nc(-c6ccccc6)n5)c5sc6ccccc6c5c4)c2)cc1n3-c1ccccc1. The molecule has 0 atom stereocenters. The van der Waals surface area contributed by atoms with Crippen LogP contribution in [0.25, 0.3) is 251 Å². The number of fused-ring (bicyclic) bond motifs is 19. The van der Waals surface area contributed by atoms with Crippen LogP contribution < -0.4 is 0 Å². The number of nitrogens with zero attached hydrogens (tertiary/aromatic N) is 8. The second kappa shape index (κ2) is 29.2. The van der Waals surface area contributed by atoms with Gasteiger partial charge in [0, 0.05) is 132 Å². The Morgan fingerprint density at radius 2 is 0.570 bits per heavy atom. The lowest BCUT2D eigenvalue weighted by Crippen LogP contribution is -2.16. The molecule has 11 heteroatoms. The summed E-state index contributed by atoms with van der Waals surface area (Å²) in [5, 5.41) is 12.2. The van der Waals surface area contributed by atoms with Gasteiger partial charge in [0.15, 0.2) is 34.9 Å². The summed E-state index contributed by atoms with van der Waals surface area (Å²) in [6, 6.07) is 146. The van der Waals surface area contributed by atoms with Gasteiger partial charge in [0.25, 0.3) is 0 Å². The lowest BCUT2D eigenvalue weighted by atomic mass is 9.78. The molecule has 0 radical (unpaired) electrons. The highest BCUT2D eigenvalue weighted by molar-refractivity contribution is 7.27. The molecule has 7 heterocycles. The van der Waals surface area contributed by atoms with Crippen LogP contribution in [-0.2, 0) is 5.41 Å². The minimum Gasteiger partial charge on any atom is -0.309 e. The number of benzene rings is 18. The first-order valence-electron chi connectivity index (χ1n) is 43.3. The van der Waals surface area contributed by atoms with E-state index < -0.39 is 5.41 Å². The first-order valence-corrected chi connectivity index (χ1v) is 45.8. The monoisotopic (exact) mass is 1680 g/mol. The highest BCUT2D eigenvalue weighted by Crippen LogP contribution is 2.56. The number of para-hydroxylation sites is 2. The van der Waals surface area contributed by atoms with E-state index in [9.17, 15) is 0 Å². The topological polar surface area (TPSA) is 87.2 Å². The molecule has 0 bridgehead atoms. The lowest BCUT2D eigenvalue weighted by Gasteiger charge is -2.25. The summed E-state index contributed by atoms with van der Waals surface area (Å²) in [6.07, 6.45) is 0. The van der Waals surface area contributed by atoms with Crippen LogP contribution in [0.1, 0.15) is 25.0 Å². The molecule has 26 rings (SSSR count). The molecule has 8 nitrogen and oxygen atoms in total. The van der Waals surface area contributed by atoms with Crippen LogP contribution >= 0.6 is 34.0 Å². The van der Waals surface area contributed by atoms with E-state index >= 15 is 0 Å². The average molecular weight is 1690 g/mol. The predicted octanol–water partition coefficient (Wildman–Crippen LogP) is 32.0. The van der Waals surface area contributed by atoms with Crippen molar-refractivity contribution in [3.63, 3.8) is 0 Å². The highest BCUT2D eigenvalue weighted by Gasteiger charge is 2.39. The summed E-state index contributed by atoms with van der Waals surface area (Å²) >= 11 is 5.47. The Bertz CT molecular complexity index is 8850. The van der Waals surface area contributed by atoms with Crippen LogP contribution in [0.4, 0.5) is 0 Å². The van der Waals surface area contributed by atoms with Crippen molar-refractivity contribution in [2.75, 3.05) is 0 Å². The van der Waals surface area contributed by atoms with Crippen LogP contribution in [0.2, 0.25) is 0 Å². The minimum absolute atomic E-state index is 0.420. The van der Waals surface area contributed by atoms with Crippen molar-refractivity contribution in [2.24, 2.45) is 0 Å². The van der Waals surface area contributed by atoms with Crippen molar-refractivity contribution in [2.45, 2.75) is 19.3 Å². The molecule has 18 aromatic carbocycles. The van der Waals surface area contributed by atoms with Gasteiger partial charge in [-0.1, -0.05) is 299 Å². The van der Waals surface area contributed by atoms with Gasteiger partial charge < -0.3 is 9.13 Å². The third kappa shape index (κ3) is 11.9. The maximum atomic E-state index is 5.64. The fraction of sp³-hybridized carbons (Fsp3) is 0.0256. The van der Waals surface area contributed by atoms with Crippen LogP contribution in [0.15, 0.2) is 400 Å². The maximum absolute atomic E-state index is 5.64. The number of hydrogen-bond acceptors (Lipinski definition) is 9. The molecule has 0 aliphatic heterocycles. The Hall–Kier alpha value is -15.8. The van der Waals surface area contributed by atoms with E-state index in [1.165, 1.54) is 106 Å². The Balaban J connectivity index is 0.570. The number of thiophene rings is 3. The molecule has 0 saturated heterocycles. The Labute approximate surface area is 748 Å². The standard InChI is InChI=1S/C117H72N8S3/c1-117(2)98-68-102-93(85-54-52-76(65-100(85)125(102)83-42-16-7-17-43-83)72-34-24-36-74(58-72)80-61-94-87-45-19-22-50-104(87)126-108(94)96(63-80)115-120-111(69-28-8-3-9-29-69)118-112(121-115)70-30-10-4-11-31-70)67-92(98)89-48-27-47-84(107(89)117)78-38-26-39-79(60-78)114-119-113(71-32-12-5-13-33-71)122-116(123-114)97-64-81(62-95-88-46-20-23-51-105(88)127-109(95)97)75-37-25-35-73(59-75)77-53-55-91-101(66-77)124(82-40-14-6-15-41-82)99-57-56-90-86-44-18-21-49-103(86)128-110(90)106(91)99/h3-68H,1-2H3. The van der Waals surface area contributed by atoms with E-state index in [2.05, 4.69) is 381 Å². The zero-order valence-electron chi connectivity index (χ0n) is 69.4. The fourth-order valence-electron chi connectivity index (χ4n) is 20.2. The molecule has 0 amide bonds. The summed E-state index contributed by atoms with van der Waals surface area (Å²) in [5.74, 6) is 3.72. The Morgan fingerprint density at radius 3 is 1.09 bits per heavy atom. The first kappa shape index (κ1) is 73.7. The molecule has 25 aromatic rings. The van der Waals surface area contributed by atoms with Crippen molar-refractivity contribution in [3.8, 4) is 146 Å². The predicted molar refractivity (Wildman–Crippen MR) is 538 cm³/mol. The number of hydrogen-bond donors (Lipinski definition) is 0. The van der Waals surface area contributed by atoms with Crippen molar-refractivity contribution in [1.29, 1.82) is 0 Å². The van der Waals surface area contributed by atoms with Crippen molar-refractivity contribution in [1.82, 2.24) is 39.0 Å². The first-order chi connectivity index (χ1) is 63.2. The molecule has 1 aliphatic rings. The third-order valence-electron chi connectivity index (χ3n) is 26.2. The second-order valence-corrected chi connectivity index (χ2v) is 37.1. The molecule has 0 fully saturated rings. The normalized spacial score (nSPS) is 12.5. The van der Waals surface area contributed by atoms with Gasteiger partial charge in [-0.05, 0) is 193 Å². The maximum Gasteiger partial charge on any atom is 0.165 e. The third-order valence-corrected chi connectivity index (χ3v) is 29.8.